The van der Waals surface area contributed by atoms with Crippen LogP contribution in [-0.2, 0) is 16.0 Å². The standard InChI is InChI=1S/C24H30N4O3/c1-16-5-8-21-22(28(16)17(2)29)10-9-20(18-14-25-27(15-18)19-6-7-19)24(21)31-13-12-26-11-3-4-23(26)30/h9-10,14-16,19H,3-8,11-13H2,1-2H3. The number of carbonyl (C=O) groups excluding carboxylic acids is 2. The molecule has 0 bridgehead atoms. The lowest BCUT2D eigenvalue weighted by Gasteiger charge is -2.36. The van der Waals surface area contributed by atoms with Crippen LogP contribution < -0.4 is 9.64 Å². The minimum atomic E-state index is 0.0522. The van der Waals surface area contributed by atoms with E-state index in [2.05, 4.69) is 24.3 Å². The van der Waals surface area contributed by atoms with E-state index in [1.165, 1.54) is 12.8 Å². The number of carbonyl (C=O) groups is 2. The van der Waals surface area contributed by atoms with Gasteiger partial charge in [0.2, 0.25) is 11.8 Å². The van der Waals surface area contributed by atoms with E-state index in [9.17, 15) is 9.59 Å². The maximum Gasteiger partial charge on any atom is 0.224 e. The molecule has 1 atom stereocenters. The fraction of sp³-hybridized carbons (Fsp3) is 0.542. The highest BCUT2D eigenvalue weighted by Crippen LogP contribution is 2.44. The van der Waals surface area contributed by atoms with Crippen molar-refractivity contribution in [1.82, 2.24) is 14.7 Å². The van der Waals surface area contributed by atoms with Crippen molar-refractivity contribution in [1.29, 1.82) is 0 Å². The molecule has 0 spiro atoms. The Morgan fingerprint density at radius 3 is 2.77 bits per heavy atom. The zero-order chi connectivity index (χ0) is 21.5. The Kier molecular flexibility index (Phi) is 5.20. The van der Waals surface area contributed by atoms with Gasteiger partial charge in [-0.3, -0.25) is 14.3 Å². The van der Waals surface area contributed by atoms with Crippen LogP contribution in [0.1, 0.15) is 57.6 Å². The molecule has 164 valence electrons. The van der Waals surface area contributed by atoms with Gasteiger partial charge in [0, 0.05) is 48.8 Å². The Morgan fingerprint density at radius 2 is 2.06 bits per heavy atom. The van der Waals surface area contributed by atoms with Crippen LogP contribution in [0.5, 0.6) is 5.75 Å². The van der Waals surface area contributed by atoms with Crippen LogP contribution >= 0.6 is 0 Å². The molecule has 2 fully saturated rings. The van der Waals surface area contributed by atoms with Gasteiger partial charge in [0.05, 0.1) is 24.5 Å². The second-order valence-electron chi connectivity index (χ2n) is 8.99. The number of aromatic nitrogens is 2. The molecule has 2 aromatic rings. The van der Waals surface area contributed by atoms with Crippen LogP contribution in [0.3, 0.4) is 0 Å². The van der Waals surface area contributed by atoms with Crippen molar-refractivity contribution in [2.45, 2.75) is 64.5 Å². The Morgan fingerprint density at radius 1 is 1.23 bits per heavy atom. The number of anilines is 1. The molecule has 1 unspecified atom stereocenters. The molecule has 5 rings (SSSR count). The summed E-state index contributed by atoms with van der Waals surface area (Å²) in [6.45, 7) is 5.57. The smallest absolute Gasteiger partial charge is 0.224 e. The van der Waals surface area contributed by atoms with Gasteiger partial charge in [0.1, 0.15) is 12.4 Å². The summed E-state index contributed by atoms with van der Waals surface area (Å²) in [5, 5.41) is 4.56. The number of rotatable bonds is 6. The molecule has 0 N–H and O–H groups in total. The van der Waals surface area contributed by atoms with E-state index in [4.69, 9.17) is 4.74 Å². The van der Waals surface area contributed by atoms with Gasteiger partial charge in [-0.1, -0.05) is 0 Å². The third-order valence-electron chi connectivity index (χ3n) is 6.70. The summed E-state index contributed by atoms with van der Waals surface area (Å²) in [6, 6.07) is 4.79. The number of amides is 2. The van der Waals surface area contributed by atoms with Crippen molar-refractivity contribution in [2.75, 3.05) is 24.6 Å². The molecule has 1 aromatic heterocycles. The van der Waals surface area contributed by atoms with Gasteiger partial charge in [-0.15, -0.1) is 0 Å². The third kappa shape index (κ3) is 3.82. The van der Waals surface area contributed by atoms with E-state index < -0.39 is 0 Å². The van der Waals surface area contributed by atoms with Gasteiger partial charge in [0.15, 0.2) is 0 Å². The minimum absolute atomic E-state index is 0.0522. The molecule has 1 aliphatic carbocycles. The maximum atomic E-state index is 12.4. The van der Waals surface area contributed by atoms with E-state index in [1.54, 1.807) is 6.92 Å². The fourth-order valence-electron chi connectivity index (χ4n) is 4.89. The highest BCUT2D eigenvalue weighted by Gasteiger charge is 2.31. The Balaban J connectivity index is 1.49. The van der Waals surface area contributed by atoms with E-state index in [1.807, 2.05) is 26.7 Å². The summed E-state index contributed by atoms with van der Waals surface area (Å²) in [4.78, 5) is 28.1. The molecule has 7 nitrogen and oxygen atoms in total. The van der Waals surface area contributed by atoms with Gasteiger partial charge in [-0.05, 0) is 51.2 Å². The van der Waals surface area contributed by atoms with Gasteiger partial charge >= 0.3 is 0 Å². The van der Waals surface area contributed by atoms with Crippen molar-refractivity contribution in [2.24, 2.45) is 0 Å². The summed E-state index contributed by atoms with van der Waals surface area (Å²) in [6.07, 6.45) is 9.71. The molecule has 2 amide bonds. The Hall–Kier alpha value is -2.83. The second-order valence-corrected chi connectivity index (χ2v) is 8.99. The van der Waals surface area contributed by atoms with Crippen molar-refractivity contribution in [3.8, 4) is 16.9 Å². The molecule has 1 aromatic carbocycles. The first kappa shape index (κ1) is 20.1. The average Bonchev–Trinajstić information content (AvgIpc) is 3.34. The first-order valence-corrected chi connectivity index (χ1v) is 11.4. The number of fused-ring (bicyclic) bond motifs is 1. The Labute approximate surface area is 183 Å². The highest BCUT2D eigenvalue weighted by molar-refractivity contribution is 5.95. The number of benzene rings is 1. The highest BCUT2D eigenvalue weighted by atomic mass is 16.5. The molecular formula is C24H30N4O3. The first-order chi connectivity index (χ1) is 15.0. The van der Waals surface area contributed by atoms with Crippen LogP contribution in [0.2, 0.25) is 0 Å². The lowest BCUT2D eigenvalue weighted by Crippen LogP contribution is -2.41. The Bertz CT molecular complexity index is 1010. The summed E-state index contributed by atoms with van der Waals surface area (Å²) >= 11 is 0. The van der Waals surface area contributed by atoms with Crippen molar-refractivity contribution in [3.05, 3.63) is 30.1 Å². The summed E-state index contributed by atoms with van der Waals surface area (Å²) in [7, 11) is 0. The van der Waals surface area contributed by atoms with E-state index in [0.29, 0.717) is 25.6 Å². The molecule has 1 saturated heterocycles. The lowest BCUT2D eigenvalue weighted by atomic mass is 9.92. The van der Waals surface area contributed by atoms with E-state index in [-0.39, 0.29) is 17.9 Å². The third-order valence-corrected chi connectivity index (χ3v) is 6.70. The topological polar surface area (TPSA) is 67.7 Å². The number of ether oxygens (including phenoxy) is 1. The van der Waals surface area contributed by atoms with Gasteiger partial charge < -0.3 is 14.5 Å². The van der Waals surface area contributed by atoms with E-state index >= 15 is 0 Å². The number of hydrogen-bond acceptors (Lipinski definition) is 4. The molecule has 7 heteroatoms. The van der Waals surface area contributed by atoms with Crippen LogP contribution in [0.25, 0.3) is 11.1 Å². The van der Waals surface area contributed by atoms with Crippen LogP contribution in [0, 0.1) is 0 Å². The molecule has 0 radical (unpaired) electrons. The van der Waals surface area contributed by atoms with Gasteiger partial charge in [-0.2, -0.15) is 5.10 Å². The normalized spacial score (nSPS) is 20.8. The van der Waals surface area contributed by atoms with Crippen LogP contribution in [0.15, 0.2) is 24.5 Å². The minimum Gasteiger partial charge on any atom is -0.491 e. The largest absolute Gasteiger partial charge is 0.491 e. The first-order valence-electron chi connectivity index (χ1n) is 11.4. The maximum absolute atomic E-state index is 12.4. The number of nitrogens with zero attached hydrogens (tertiary/aromatic N) is 4. The SMILES string of the molecule is CC(=O)N1c2ccc(-c3cnn(C4CC4)c3)c(OCCN3CCCC3=O)c2CCC1C. The zero-order valence-corrected chi connectivity index (χ0v) is 18.3. The average molecular weight is 423 g/mol. The lowest BCUT2D eigenvalue weighted by molar-refractivity contribution is -0.128. The van der Waals surface area contributed by atoms with Crippen molar-refractivity contribution < 1.29 is 14.3 Å². The fourth-order valence-corrected chi connectivity index (χ4v) is 4.89. The zero-order valence-electron chi connectivity index (χ0n) is 18.3. The molecule has 1 saturated carbocycles. The van der Waals surface area contributed by atoms with Gasteiger partial charge in [0.25, 0.3) is 0 Å². The second kappa shape index (κ2) is 8.02. The van der Waals surface area contributed by atoms with Crippen molar-refractivity contribution in [3.63, 3.8) is 0 Å². The van der Waals surface area contributed by atoms with E-state index in [0.717, 1.165) is 53.9 Å². The monoisotopic (exact) mass is 422 g/mol. The molecule has 2 aliphatic heterocycles. The van der Waals surface area contributed by atoms with Crippen LogP contribution in [-0.4, -0.2) is 52.2 Å². The predicted octanol–water partition coefficient (Wildman–Crippen LogP) is 3.57. The summed E-state index contributed by atoms with van der Waals surface area (Å²) < 4.78 is 8.43. The van der Waals surface area contributed by atoms with Crippen LogP contribution in [0.4, 0.5) is 5.69 Å². The van der Waals surface area contributed by atoms with Gasteiger partial charge in [-0.25, -0.2) is 0 Å². The molecular weight excluding hydrogens is 392 g/mol. The molecule has 31 heavy (non-hydrogen) atoms. The van der Waals surface area contributed by atoms with Crippen molar-refractivity contribution >= 4 is 17.5 Å². The number of hydrogen-bond donors (Lipinski definition) is 0. The predicted molar refractivity (Wildman–Crippen MR) is 118 cm³/mol. The summed E-state index contributed by atoms with van der Waals surface area (Å²) in [5.41, 5.74) is 4.07. The molecule has 3 aliphatic rings. The quantitative estimate of drug-likeness (QED) is 0.714. The summed E-state index contributed by atoms with van der Waals surface area (Å²) in [5.74, 6) is 1.09. The number of likely N-dealkylation sites (tertiary alicyclic amines) is 1. The molecule has 3 heterocycles.